The minimum atomic E-state index is 0.0251. The highest BCUT2D eigenvalue weighted by Crippen LogP contribution is 2.49. The van der Waals surface area contributed by atoms with Crippen LogP contribution < -0.4 is 11.1 Å². The van der Waals surface area contributed by atoms with E-state index in [0.717, 1.165) is 17.4 Å². The molecule has 22 heavy (non-hydrogen) atoms. The molecule has 4 unspecified atom stereocenters. The first-order chi connectivity index (χ1) is 10.5. The molecule has 0 aromatic heterocycles. The smallest absolute Gasteiger partial charge is 0.251 e. The first-order valence-corrected chi connectivity index (χ1v) is 8.62. The van der Waals surface area contributed by atoms with Crippen LogP contribution in [0.1, 0.15) is 48.5 Å². The van der Waals surface area contributed by atoms with Crippen molar-refractivity contribution in [2.75, 3.05) is 0 Å². The van der Waals surface area contributed by atoms with Crippen LogP contribution in [0.15, 0.2) is 24.3 Å². The lowest BCUT2D eigenvalue weighted by molar-refractivity contribution is 0.0915. The van der Waals surface area contributed by atoms with Crippen LogP contribution in [0.4, 0.5) is 0 Å². The first kappa shape index (κ1) is 15.5. The Balaban J connectivity index is 1.58. The van der Waals surface area contributed by atoms with Gasteiger partial charge >= 0.3 is 0 Å². The van der Waals surface area contributed by atoms with E-state index in [-0.39, 0.29) is 11.9 Å². The highest BCUT2D eigenvalue weighted by molar-refractivity contribution is 7.80. The first-order valence-electron chi connectivity index (χ1n) is 8.21. The Labute approximate surface area is 137 Å². The normalized spacial score (nSPS) is 27.6. The van der Waals surface area contributed by atoms with Gasteiger partial charge in [0, 0.05) is 18.0 Å². The summed E-state index contributed by atoms with van der Waals surface area (Å²) in [6, 6.07) is 7.83. The van der Waals surface area contributed by atoms with E-state index in [9.17, 15) is 4.79 Å². The van der Waals surface area contributed by atoms with E-state index in [1.807, 2.05) is 24.3 Å². The molecule has 2 saturated carbocycles. The van der Waals surface area contributed by atoms with Gasteiger partial charge < -0.3 is 11.1 Å². The maximum atomic E-state index is 12.4. The lowest BCUT2D eigenvalue weighted by Crippen LogP contribution is -2.40. The Bertz CT molecular complexity index is 569. The minimum Gasteiger partial charge on any atom is -0.393 e. The fourth-order valence-electron chi connectivity index (χ4n) is 4.28. The predicted molar refractivity (Wildman–Crippen MR) is 92.8 cm³/mol. The van der Waals surface area contributed by atoms with Crippen molar-refractivity contribution in [3.05, 3.63) is 35.4 Å². The lowest BCUT2D eigenvalue weighted by atomic mass is 9.84. The Kier molecular flexibility index (Phi) is 4.48. The average molecular weight is 316 g/mol. The van der Waals surface area contributed by atoms with E-state index in [1.54, 1.807) is 0 Å². The van der Waals surface area contributed by atoms with Crippen LogP contribution in [-0.2, 0) is 6.42 Å². The number of carbonyl (C=O) groups is 1. The summed E-state index contributed by atoms with van der Waals surface area (Å²) < 4.78 is 0. The predicted octanol–water partition coefficient (Wildman–Crippen LogP) is 3.07. The van der Waals surface area contributed by atoms with Crippen LogP contribution in [0, 0.1) is 17.8 Å². The van der Waals surface area contributed by atoms with Crippen LogP contribution >= 0.6 is 12.2 Å². The molecule has 1 aromatic carbocycles. The van der Waals surface area contributed by atoms with E-state index in [2.05, 4.69) is 12.2 Å². The van der Waals surface area contributed by atoms with Gasteiger partial charge in [0.25, 0.3) is 5.91 Å². The van der Waals surface area contributed by atoms with Gasteiger partial charge in [-0.05, 0) is 61.6 Å². The zero-order valence-electron chi connectivity index (χ0n) is 13.0. The molecule has 0 spiro atoms. The van der Waals surface area contributed by atoms with E-state index < -0.39 is 0 Å². The maximum absolute atomic E-state index is 12.4. The molecule has 2 aliphatic rings. The number of nitrogens with two attached hydrogens (primary N) is 1. The van der Waals surface area contributed by atoms with Crippen molar-refractivity contribution in [2.24, 2.45) is 23.5 Å². The van der Waals surface area contributed by atoms with Gasteiger partial charge in [-0.15, -0.1) is 0 Å². The molecule has 0 radical (unpaired) electrons. The lowest BCUT2D eigenvalue weighted by Gasteiger charge is -2.28. The molecule has 4 heteroatoms. The second kappa shape index (κ2) is 6.37. The van der Waals surface area contributed by atoms with Crippen molar-refractivity contribution in [1.29, 1.82) is 0 Å². The molecule has 118 valence electrons. The third-order valence-corrected chi connectivity index (χ3v) is 5.53. The van der Waals surface area contributed by atoms with Gasteiger partial charge in [0.2, 0.25) is 0 Å². The molecule has 4 atom stereocenters. The molecular weight excluding hydrogens is 292 g/mol. The maximum Gasteiger partial charge on any atom is 0.251 e. The van der Waals surface area contributed by atoms with Gasteiger partial charge in [-0.1, -0.05) is 30.8 Å². The number of hydrogen-bond acceptors (Lipinski definition) is 2. The zero-order chi connectivity index (χ0) is 15.7. The van der Waals surface area contributed by atoms with E-state index in [0.29, 0.717) is 22.9 Å². The molecule has 2 fully saturated rings. The third-order valence-electron chi connectivity index (χ3n) is 5.39. The second-order valence-electron chi connectivity index (χ2n) is 6.94. The molecule has 3 N–H and O–H groups in total. The van der Waals surface area contributed by atoms with Crippen LogP contribution in [0.3, 0.4) is 0 Å². The Morgan fingerprint density at radius 1 is 1.32 bits per heavy atom. The summed E-state index contributed by atoms with van der Waals surface area (Å²) in [6.07, 6.45) is 5.99. The molecule has 0 aliphatic heterocycles. The molecular formula is C18H24N2OS. The summed E-state index contributed by atoms with van der Waals surface area (Å²) in [5.41, 5.74) is 7.30. The summed E-state index contributed by atoms with van der Waals surface area (Å²) >= 11 is 4.90. The number of rotatable bonds is 5. The summed E-state index contributed by atoms with van der Waals surface area (Å²) in [6.45, 7) is 2.16. The topological polar surface area (TPSA) is 55.1 Å². The van der Waals surface area contributed by atoms with Crippen LogP contribution in [-0.4, -0.2) is 16.9 Å². The van der Waals surface area contributed by atoms with Gasteiger partial charge in [0.1, 0.15) is 0 Å². The molecule has 2 bridgehead atoms. The van der Waals surface area contributed by atoms with Crippen LogP contribution in [0.25, 0.3) is 0 Å². The average Bonchev–Trinajstić information content (AvgIpc) is 3.10. The van der Waals surface area contributed by atoms with Crippen molar-refractivity contribution >= 4 is 23.1 Å². The number of carbonyl (C=O) groups excluding carboxylic acids is 1. The highest BCUT2D eigenvalue weighted by atomic mass is 32.1. The van der Waals surface area contributed by atoms with E-state index >= 15 is 0 Å². The summed E-state index contributed by atoms with van der Waals surface area (Å²) in [7, 11) is 0. The van der Waals surface area contributed by atoms with Crippen molar-refractivity contribution in [1.82, 2.24) is 5.32 Å². The summed E-state index contributed by atoms with van der Waals surface area (Å²) in [5.74, 6) is 2.43. The third kappa shape index (κ3) is 3.32. The number of fused-ring (bicyclic) bond motifs is 2. The molecule has 1 aromatic rings. The Morgan fingerprint density at radius 2 is 2.05 bits per heavy atom. The quantitative estimate of drug-likeness (QED) is 0.821. The number of hydrogen-bond donors (Lipinski definition) is 2. The van der Waals surface area contributed by atoms with E-state index in [4.69, 9.17) is 18.0 Å². The van der Waals surface area contributed by atoms with Gasteiger partial charge in [-0.2, -0.15) is 0 Å². The van der Waals surface area contributed by atoms with Gasteiger partial charge in [-0.3, -0.25) is 4.79 Å². The number of benzene rings is 1. The molecule has 0 saturated heterocycles. The fourth-order valence-corrected chi connectivity index (χ4v) is 4.45. The Morgan fingerprint density at radius 3 is 2.59 bits per heavy atom. The molecule has 0 heterocycles. The standard InChI is InChI=1S/C18H24N2OS/c1-11(16-9-13-4-7-15(16)8-13)20-18(21)14-5-2-12(3-6-14)10-17(19)22/h2-3,5-6,11,13,15-16H,4,7-10H2,1H3,(H2,19,22)(H,20,21). The fraction of sp³-hybridized carbons (Fsp3) is 0.556. The van der Waals surface area contributed by atoms with Crippen molar-refractivity contribution in [3.63, 3.8) is 0 Å². The van der Waals surface area contributed by atoms with Crippen LogP contribution in [0.5, 0.6) is 0 Å². The minimum absolute atomic E-state index is 0.0251. The molecule has 3 nitrogen and oxygen atoms in total. The number of amides is 1. The Hall–Kier alpha value is -1.42. The summed E-state index contributed by atoms with van der Waals surface area (Å²) in [4.78, 5) is 12.9. The van der Waals surface area contributed by atoms with Gasteiger partial charge in [0.05, 0.1) is 4.99 Å². The highest BCUT2D eigenvalue weighted by Gasteiger charge is 2.42. The number of thiocarbonyl (C=S) groups is 1. The van der Waals surface area contributed by atoms with Gasteiger partial charge in [-0.25, -0.2) is 0 Å². The zero-order valence-corrected chi connectivity index (χ0v) is 13.9. The van der Waals surface area contributed by atoms with Crippen molar-refractivity contribution < 1.29 is 4.79 Å². The van der Waals surface area contributed by atoms with Gasteiger partial charge in [0.15, 0.2) is 0 Å². The largest absolute Gasteiger partial charge is 0.393 e. The second-order valence-corrected chi connectivity index (χ2v) is 7.47. The van der Waals surface area contributed by atoms with Crippen molar-refractivity contribution in [2.45, 2.75) is 45.1 Å². The monoisotopic (exact) mass is 316 g/mol. The van der Waals surface area contributed by atoms with Crippen molar-refractivity contribution in [3.8, 4) is 0 Å². The number of nitrogens with one attached hydrogen (secondary N) is 1. The van der Waals surface area contributed by atoms with Crippen LogP contribution in [0.2, 0.25) is 0 Å². The van der Waals surface area contributed by atoms with E-state index in [1.165, 1.54) is 25.7 Å². The SMILES string of the molecule is CC(NC(=O)c1ccc(CC(N)=S)cc1)C1CC2CCC1C2. The molecule has 1 amide bonds. The summed E-state index contributed by atoms with van der Waals surface area (Å²) in [5, 5.41) is 3.19. The molecule has 2 aliphatic carbocycles. The molecule has 3 rings (SSSR count).